The van der Waals surface area contributed by atoms with Crippen LogP contribution >= 0.6 is 11.8 Å². The molecule has 2 N–H and O–H groups in total. The van der Waals surface area contributed by atoms with Crippen molar-refractivity contribution in [1.29, 1.82) is 0 Å². The highest BCUT2D eigenvalue weighted by molar-refractivity contribution is 7.99. The van der Waals surface area contributed by atoms with Gasteiger partial charge < -0.3 is 20.1 Å². The molecule has 7 nitrogen and oxygen atoms in total. The Bertz CT molecular complexity index is 983. The number of ether oxygens (including phenoxy) is 2. The smallest absolute Gasteiger partial charge is 0.319 e. The fraction of sp³-hybridized carbons (Fsp3) is 0.190. The second kappa shape index (κ2) is 9.79. The molecule has 0 atom stereocenters. The van der Waals surface area contributed by atoms with Gasteiger partial charge in [-0.25, -0.2) is 14.8 Å². The van der Waals surface area contributed by atoms with Crippen molar-refractivity contribution in [3.63, 3.8) is 0 Å². The zero-order valence-corrected chi connectivity index (χ0v) is 17.2. The number of rotatable bonds is 7. The highest BCUT2D eigenvalue weighted by Gasteiger charge is 2.08. The summed E-state index contributed by atoms with van der Waals surface area (Å²) in [4.78, 5) is 21.7. The Morgan fingerprint density at radius 2 is 1.79 bits per heavy atom. The maximum absolute atomic E-state index is 12.3. The molecule has 2 amide bonds. The van der Waals surface area contributed by atoms with Crippen LogP contribution in [0.15, 0.2) is 64.9 Å². The number of aryl methyl sites for hydroxylation is 1. The summed E-state index contributed by atoms with van der Waals surface area (Å²) < 4.78 is 10.5. The van der Waals surface area contributed by atoms with Crippen LogP contribution in [-0.4, -0.2) is 30.2 Å². The van der Waals surface area contributed by atoms with Crippen molar-refractivity contribution < 1.29 is 14.3 Å². The van der Waals surface area contributed by atoms with Crippen LogP contribution in [0.25, 0.3) is 0 Å². The fourth-order valence-corrected chi connectivity index (χ4v) is 3.43. The van der Waals surface area contributed by atoms with Gasteiger partial charge in [0.25, 0.3) is 0 Å². The van der Waals surface area contributed by atoms with Crippen LogP contribution in [0.1, 0.15) is 11.1 Å². The lowest BCUT2D eigenvalue weighted by Gasteiger charge is -2.12. The number of carbonyl (C=O) groups is 1. The number of amides is 2. The second-order valence-electron chi connectivity index (χ2n) is 6.11. The maximum Gasteiger partial charge on any atom is 0.319 e. The summed E-state index contributed by atoms with van der Waals surface area (Å²) in [6.07, 6.45) is 3.42. The molecule has 2 aromatic carbocycles. The summed E-state index contributed by atoms with van der Waals surface area (Å²) in [6, 6.07) is 12.8. The van der Waals surface area contributed by atoms with E-state index in [2.05, 4.69) is 20.6 Å². The van der Waals surface area contributed by atoms with E-state index in [0.29, 0.717) is 23.2 Å². The van der Waals surface area contributed by atoms with Crippen LogP contribution in [0, 0.1) is 6.92 Å². The SMILES string of the molecule is COc1ccc(CNC(=O)Nc2ccc(Sc3ncccn3)cc2C)cc1OC. The van der Waals surface area contributed by atoms with Crippen molar-refractivity contribution in [2.24, 2.45) is 0 Å². The highest BCUT2D eigenvalue weighted by atomic mass is 32.2. The van der Waals surface area contributed by atoms with Gasteiger partial charge >= 0.3 is 6.03 Å². The molecule has 1 heterocycles. The number of urea groups is 1. The second-order valence-corrected chi connectivity index (χ2v) is 7.15. The number of nitrogens with zero attached hydrogens (tertiary/aromatic N) is 2. The molecular formula is C21H22N4O3S. The minimum atomic E-state index is -0.283. The molecule has 0 spiro atoms. The number of benzene rings is 2. The van der Waals surface area contributed by atoms with Crippen molar-refractivity contribution in [1.82, 2.24) is 15.3 Å². The number of methoxy groups -OCH3 is 2. The van der Waals surface area contributed by atoms with Gasteiger partial charge in [0.1, 0.15) is 0 Å². The molecule has 0 saturated carbocycles. The molecule has 0 aliphatic rings. The van der Waals surface area contributed by atoms with Gasteiger partial charge in [-0.05, 0) is 66.2 Å². The van der Waals surface area contributed by atoms with Crippen molar-refractivity contribution in [2.75, 3.05) is 19.5 Å². The molecule has 0 aliphatic heterocycles. The van der Waals surface area contributed by atoms with Crippen LogP contribution in [0.4, 0.5) is 10.5 Å². The summed E-state index contributed by atoms with van der Waals surface area (Å²) in [5.74, 6) is 1.27. The van der Waals surface area contributed by atoms with E-state index >= 15 is 0 Å². The molecule has 1 aromatic heterocycles. The van der Waals surface area contributed by atoms with Gasteiger partial charge in [-0.1, -0.05) is 6.07 Å². The van der Waals surface area contributed by atoms with Crippen molar-refractivity contribution in [3.8, 4) is 11.5 Å². The Kier molecular flexibility index (Phi) is 6.91. The average Bonchev–Trinajstić information content (AvgIpc) is 2.74. The van der Waals surface area contributed by atoms with Crippen LogP contribution in [0.5, 0.6) is 11.5 Å². The molecule has 0 fully saturated rings. The summed E-state index contributed by atoms with van der Waals surface area (Å²) in [5, 5.41) is 6.40. The molecule has 0 aliphatic carbocycles. The van der Waals surface area contributed by atoms with E-state index in [1.54, 1.807) is 32.7 Å². The van der Waals surface area contributed by atoms with E-state index in [-0.39, 0.29) is 6.03 Å². The summed E-state index contributed by atoms with van der Waals surface area (Å²) in [5.41, 5.74) is 2.60. The molecular weight excluding hydrogens is 388 g/mol. The van der Waals surface area contributed by atoms with Gasteiger partial charge in [0, 0.05) is 29.5 Å². The van der Waals surface area contributed by atoms with E-state index in [0.717, 1.165) is 21.7 Å². The van der Waals surface area contributed by atoms with E-state index in [1.165, 1.54) is 11.8 Å². The quantitative estimate of drug-likeness (QED) is 0.566. The summed E-state index contributed by atoms with van der Waals surface area (Å²) >= 11 is 1.47. The predicted molar refractivity (Wildman–Crippen MR) is 113 cm³/mol. The molecule has 0 bridgehead atoms. The van der Waals surface area contributed by atoms with E-state index < -0.39 is 0 Å². The number of anilines is 1. The third-order valence-electron chi connectivity index (χ3n) is 4.10. The maximum atomic E-state index is 12.3. The van der Waals surface area contributed by atoms with Crippen LogP contribution < -0.4 is 20.1 Å². The van der Waals surface area contributed by atoms with Gasteiger partial charge in [0.15, 0.2) is 16.7 Å². The molecule has 3 aromatic rings. The predicted octanol–water partition coefficient (Wildman–Crippen LogP) is 4.28. The number of hydrogen-bond donors (Lipinski definition) is 2. The van der Waals surface area contributed by atoms with E-state index in [9.17, 15) is 4.79 Å². The van der Waals surface area contributed by atoms with Crippen molar-refractivity contribution in [2.45, 2.75) is 23.5 Å². The molecule has 0 unspecified atom stereocenters. The lowest BCUT2D eigenvalue weighted by Crippen LogP contribution is -2.28. The number of nitrogens with one attached hydrogen (secondary N) is 2. The first-order valence-electron chi connectivity index (χ1n) is 8.90. The standard InChI is InChI=1S/C21H22N4O3S/c1-14-11-16(29-21-22-9-4-10-23-21)6-7-17(14)25-20(26)24-13-15-5-8-18(27-2)19(12-15)28-3/h4-12H,13H2,1-3H3,(H2,24,25,26). The molecule has 0 radical (unpaired) electrons. The van der Waals surface area contributed by atoms with Crippen LogP contribution in [-0.2, 0) is 6.54 Å². The van der Waals surface area contributed by atoms with Crippen molar-refractivity contribution >= 4 is 23.5 Å². The van der Waals surface area contributed by atoms with Crippen LogP contribution in [0.3, 0.4) is 0 Å². The topological polar surface area (TPSA) is 85.4 Å². The van der Waals surface area contributed by atoms with Gasteiger partial charge in [0.05, 0.1) is 14.2 Å². The normalized spacial score (nSPS) is 10.3. The Morgan fingerprint density at radius 3 is 2.48 bits per heavy atom. The van der Waals surface area contributed by atoms with Crippen molar-refractivity contribution in [3.05, 3.63) is 66.0 Å². The highest BCUT2D eigenvalue weighted by Crippen LogP contribution is 2.28. The summed E-state index contributed by atoms with van der Waals surface area (Å²) in [6.45, 7) is 2.31. The monoisotopic (exact) mass is 410 g/mol. The largest absolute Gasteiger partial charge is 0.493 e. The zero-order chi connectivity index (χ0) is 20.6. The van der Waals surface area contributed by atoms with Crippen LogP contribution in [0.2, 0.25) is 0 Å². The minimum Gasteiger partial charge on any atom is -0.493 e. The Hall–Kier alpha value is -3.26. The molecule has 8 heteroatoms. The number of hydrogen-bond acceptors (Lipinski definition) is 6. The van der Waals surface area contributed by atoms with E-state index in [4.69, 9.17) is 9.47 Å². The lowest BCUT2D eigenvalue weighted by atomic mass is 10.2. The first-order valence-corrected chi connectivity index (χ1v) is 9.72. The molecule has 150 valence electrons. The minimum absolute atomic E-state index is 0.283. The molecule has 3 rings (SSSR count). The van der Waals surface area contributed by atoms with E-state index in [1.807, 2.05) is 43.3 Å². The lowest BCUT2D eigenvalue weighted by molar-refractivity contribution is 0.251. The molecule has 29 heavy (non-hydrogen) atoms. The Morgan fingerprint density at radius 1 is 1.03 bits per heavy atom. The third kappa shape index (κ3) is 5.61. The zero-order valence-electron chi connectivity index (χ0n) is 16.4. The average molecular weight is 410 g/mol. The summed E-state index contributed by atoms with van der Waals surface area (Å²) in [7, 11) is 3.17. The first-order chi connectivity index (χ1) is 14.1. The Labute approximate surface area is 173 Å². The third-order valence-corrected chi connectivity index (χ3v) is 4.98. The fourth-order valence-electron chi connectivity index (χ4n) is 2.62. The van der Waals surface area contributed by atoms with Gasteiger partial charge in [-0.3, -0.25) is 0 Å². The number of carbonyl (C=O) groups excluding carboxylic acids is 1. The Balaban J connectivity index is 1.58. The van der Waals surface area contributed by atoms with Gasteiger partial charge in [-0.15, -0.1) is 0 Å². The van der Waals surface area contributed by atoms with Gasteiger partial charge in [-0.2, -0.15) is 0 Å². The van der Waals surface area contributed by atoms with Gasteiger partial charge in [0.2, 0.25) is 0 Å². The number of aromatic nitrogens is 2. The first kappa shape index (κ1) is 20.5. The molecule has 0 saturated heterocycles.